The van der Waals surface area contributed by atoms with E-state index in [1.165, 1.54) is 27.8 Å². The summed E-state index contributed by atoms with van der Waals surface area (Å²) in [5.41, 5.74) is 10.7. The van der Waals surface area contributed by atoms with Crippen LogP contribution in [-0.4, -0.2) is 48.6 Å². The molecule has 0 unspecified atom stereocenters. The summed E-state index contributed by atoms with van der Waals surface area (Å²) in [6, 6.07) is 20.2. The number of nitrogens with one attached hydrogen (secondary N) is 4. The normalized spacial score (nSPS) is 17.4. The summed E-state index contributed by atoms with van der Waals surface area (Å²) in [7, 11) is 1.97. The van der Waals surface area contributed by atoms with Gasteiger partial charge in [-0.2, -0.15) is 0 Å². The number of aromatic amines is 1. The minimum atomic E-state index is 0.575. The summed E-state index contributed by atoms with van der Waals surface area (Å²) >= 11 is 0. The highest BCUT2D eigenvalue weighted by Gasteiger charge is 2.20. The van der Waals surface area contributed by atoms with Crippen molar-refractivity contribution in [3.63, 3.8) is 0 Å². The molecule has 0 saturated carbocycles. The number of hydrogen-bond acceptors (Lipinski definition) is 6. The molecular weight excluding hydrogens is 374 g/mol. The first-order chi connectivity index (χ1) is 14.8. The average molecular weight is 404 g/mol. The third-order valence-corrected chi connectivity index (χ3v) is 6.12. The van der Waals surface area contributed by atoms with Crippen molar-refractivity contribution in [3.8, 4) is 11.3 Å². The number of hydrogen-bond donors (Lipinski definition) is 4. The van der Waals surface area contributed by atoms with E-state index in [0.717, 1.165) is 44.7 Å². The summed E-state index contributed by atoms with van der Waals surface area (Å²) < 4.78 is 0. The third-order valence-electron chi connectivity index (χ3n) is 6.12. The Kier molecular flexibility index (Phi) is 5.29. The summed E-state index contributed by atoms with van der Waals surface area (Å²) in [5, 5.41) is 11.1. The molecule has 30 heavy (non-hydrogen) atoms. The summed E-state index contributed by atoms with van der Waals surface area (Å²) in [6.45, 7) is 3.11. The number of aromatic nitrogens is 1. The molecule has 5 rings (SSSR count). The molecule has 1 saturated heterocycles. The lowest BCUT2D eigenvalue weighted by Crippen LogP contribution is -2.44. The number of benzene rings is 2. The molecule has 2 aromatic carbocycles. The molecular formula is C23H29N7. The summed E-state index contributed by atoms with van der Waals surface area (Å²) in [4.78, 5) is 6.05. The van der Waals surface area contributed by atoms with Crippen LogP contribution in [0.5, 0.6) is 0 Å². The van der Waals surface area contributed by atoms with Crippen molar-refractivity contribution in [1.82, 2.24) is 26.4 Å². The Balaban J connectivity index is 1.18. The number of rotatable bonds is 6. The molecule has 2 aliphatic heterocycles. The Bertz CT molecular complexity index is 1000. The van der Waals surface area contributed by atoms with E-state index in [1.54, 1.807) is 0 Å². The van der Waals surface area contributed by atoms with Crippen molar-refractivity contribution in [3.05, 3.63) is 54.6 Å². The Labute approximate surface area is 177 Å². The fraction of sp³-hybridized carbons (Fsp3) is 0.348. The van der Waals surface area contributed by atoms with Crippen molar-refractivity contribution in [2.45, 2.75) is 25.3 Å². The maximum Gasteiger partial charge on any atom is 0.143 e. The average Bonchev–Trinajstić information content (AvgIpc) is 3.40. The molecule has 7 heteroatoms. The van der Waals surface area contributed by atoms with Crippen LogP contribution >= 0.6 is 0 Å². The predicted molar refractivity (Wildman–Crippen MR) is 123 cm³/mol. The van der Waals surface area contributed by atoms with E-state index in [-0.39, 0.29) is 0 Å². The number of piperidine rings is 1. The highest BCUT2D eigenvalue weighted by atomic mass is 15.8. The second kappa shape index (κ2) is 8.38. The van der Waals surface area contributed by atoms with E-state index in [2.05, 4.69) is 86.0 Å². The minimum Gasteiger partial charge on any atom is -0.371 e. The van der Waals surface area contributed by atoms with Crippen LogP contribution in [0.15, 0.2) is 59.7 Å². The molecule has 2 aliphatic rings. The first-order valence-corrected chi connectivity index (χ1v) is 10.7. The summed E-state index contributed by atoms with van der Waals surface area (Å²) in [5.74, 6) is 1.04. The molecule has 7 nitrogen and oxygen atoms in total. The van der Waals surface area contributed by atoms with Crippen LogP contribution in [0.25, 0.3) is 22.2 Å². The van der Waals surface area contributed by atoms with Gasteiger partial charge in [0.15, 0.2) is 0 Å². The molecule has 3 aromatic rings. The zero-order valence-corrected chi connectivity index (χ0v) is 17.4. The minimum absolute atomic E-state index is 0.575. The standard InChI is InChI=1S/C23H29N7/c1-29-23(26-27-28-29)9-12-24-19-10-13-30(14-11-19)20-7-4-6-17(15-20)22-16-18-5-2-3-8-21(18)25-22/h2-8,15-16,19,24-25,27-28H,9-14H2,1H3. The summed E-state index contributed by atoms with van der Waals surface area (Å²) in [6.07, 6.45) is 3.24. The number of H-pyrrole nitrogens is 1. The topological polar surface area (TPSA) is 70.7 Å². The molecule has 1 aromatic heterocycles. The molecule has 0 spiro atoms. The predicted octanol–water partition coefficient (Wildman–Crippen LogP) is 3.05. The second-order valence-electron chi connectivity index (χ2n) is 8.10. The Hall–Kier alpha value is -3.03. The van der Waals surface area contributed by atoms with Gasteiger partial charge in [-0.3, -0.25) is 5.01 Å². The number of nitrogens with zero attached hydrogens (tertiary/aromatic N) is 3. The van der Waals surface area contributed by atoms with Crippen LogP contribution in [0.3, 0.4) is 0 Å². The van der Waals surface area contributed by atoms with Crippen molar-refractivity contribution in [2.24, 2.45) is 5.10 Å². The van der Waals surface area contributed by atoms with Gasteiger partial charge < -0.3 is 15.2 Å². The quantitative estimate of drug-likeness (QED) is 0.509. The van der Waals surface area contributed by atoms with E-state index in [0.29, 0.717) is 6.04 Å². The maximum atomic E-state index is 4.23. The second-order valence-corrected chi connectivity index (χ2v) is 8.10. The first-order valence-electron chi connectivity index (χ1n) is 10.7. The van der Waals surface area contributed by atoms with E-state index in [4.69, 9.17) is 0 Å². The molecule has 4 N–H and O–H groups in total. The molecule has 0 bridgehead atoms. The van der Waals surface area contributed by atoms with Gasteiger partial charge in [0.25, 0.3) is 0 Å². The van der Waals surface area contributed by atoms with Crippen molar-refractivity contribution in [1.29, 1.82) is 0 Å². The van der Waals surface area contributed by atoms with Gasteiger partial charge in [0, 0.05) is 61.4 Å². The lowest BCUT2D eigenvalue weighted by Gasteiger charge is -2.34. The fourth-order valence-corrected chi connectivity index (χ4v) is 4.36. The lowest BCUT2D eigenvalue weighted by molar-refractivity contribution is 0.342. The van der Waals surface area contributed by atoms with Gasteiger partial charge in [0.05, 0.1) is 0 Å². The number of para-hydroxylation sites is 1. The van der Waals surface area contributed by atoms with Gasteiger partial charge in [0.2, 0.25) is 0 Å². The van der Waals surface area contributed by atoms with Crippen molar-refractivity contribution < 1.29 is 0 Å². The van der Waals surface area contributed by atoms with Crippen molar-refractivity contribution in [2.75, 3.05) is 31.6 Å². The molecule has 156 valence electrons. The molecule has 0 radical (unpaired) electrons. The van der Waals surface area contributed by atoms with Gasteiger partial charge in [-0.15, -0.1) is 10.6 Å². The van der Waals surface area contributed by atoms with Gasteiger partial charge in [-0.25, -0.2) is 5.53 Å². The molecule has 0 aliphatic carbocycles. The van der Waals surface area contributed by atoms with Crippen molar-refractivity contribution >= 4 is 22.4 Å². The first kappa shape index (κ1) is 19.0. The van der Waals surface area contributed by atoms with Crippen LogP contribution in [-0.2, 0) is 0 Å². The zero-order valence-electron chi connectivity index (χ0n) is 17.4. The van der Waals surface area contributed by atoms with Crippen LogP contribution in [0.1, 0.15) is 19.3 Å². The molecule has 0 amide bonds. The highest BCUT2D eigenvalue weighted by molar-refractivity contribution is 5.86. The smallest absolute Gasteiger partial charge is 0.143 e. The maximum absolute atomic E-state index is 4.23. The van der Waals surface area contributed by atoms with Crippen LogP contribution < -0.4 is 21.3 Å². The van der Waals surface area contributed by atoms with Gasteiger partial charge in [-0.05, 0) is 42.7 Å². The fourth-order valence-electron chi connectivity index (χ4n) is 4.36. The monoisotopic (exact) mass is 403 g/mol. The molecule has 3 heterocycles. The zero-order chi connectivity index (χ0) is 20.3. The Morgan fingerprint density at radius 2 is 1.93 bits per heavy atom. The molecule has 1 fully saturated rings. The number of anilines is 1. The number of fused-ring (bicyclic) bond motifs is 1. The number of hydrazone groups is 1. The van der Waals surface area contributed by atoms with E-state index >= 15 is 0 Å². The van der Waals surface area contributed by atoms with Crippen LogP contribution in [0.2, 0.25) is 0 Å². The largest absolute Gasteiger partial charge is 0.371 e. The third kappa shape index (κ3) is 3.99. The lowest BCUT2D eigenvalue weighted by atomic mass is 10.0. The SMILES string of the molecule is CN1NNN=C1CCNC1CCN(c2cccc(-c3cc4ccccc4[nH]3)c2)CC1. The van der Waals surface area contributed by atoms with E-state index in [9.17, 15) is 0 Å². The number of amidine groups is 1. The van der Waals surface area contributed by atoms with E-state index in [1.807, 2.05) is 12.1 Å². The van der Waals surface area contributed by atoms with E-state index < -0.39 is 0 Å². The Morgan fingerprint density at radius 3 is 2.73 bits per heavy atom. The molecule has 0 atom stereocenters. The van der Waals surface area contributed by atoms with Crippen LogP contribution in [0.4, 0.5) is 5.69 Å². The van der Waals surface area contributed by atoms with Crippen LogP contribution in [0, 0.1) is 0 Å². The number of hydrazine groups is 2. The highest BCUT2D eigenvalue weighted by Crippen LogP contribution is 2.28. The van der Waals surface area contributed by atoms with Gasteiger partial charge in [0.1, 0.15) is 5.84 Å². The van der Waals surface area contributed by atoms with Gasteiger partial charge in [-0.1, -0.05) is 30.3 Å². The van der Waals surface area contributed by atoms with Gasteiger partial charge >= 0.3 is 0 Å². The Morgan fingerprint density at radius 1 is 1.07 bits per heavy atom.